The number of esters is 1. The Morgan fingerprint density at radius 2 is 2.05 bits per heavy atom. The summed E-state index contributed by atoms with van der Waals surface area (Å²) in [4.78, 5) is 10.7. The molecular weight excluding hydrogens is 240 g/mol. The van der Waals surface area contributed by atoms with Crippen molar-refractivity contribution in [2.75, 3.05) is 6.61 Å². The number of hydrogen-bond acceptors (Lipinski definition) is 2. The highest BCUT2D eigenvalue weighted by molar-refractivity contribution is 5.65. The number of hydrogen-bond donors (Lipinski definition) is 0. The summed E-state index contributed by atoms with van der Waals surface area (Å²) in [6.45, 7) is 5.45. The molecule has 2 aromatic rings. The van der Waals surface area contributed by atoms with E-state index in [0.29, 0.717) is 13.2 Å². The van der Waals surface area contributed by atoms with E-state index in [2.05, 4.69) is 34.4 Å². The third-order valence-corrected chi connectivity index (χ3v) is 3.09. The van der Waals surface area contributed by atoms with Crippen molar-refractivity contribution in [1.82, 2.24) is 4.57 Å². The normalized spacial score (nSPS) is 10.4. The van der Waals surface area contributed by atoms with E-state index in [1.54, 1.807) is 0 Å². The number of nitrogens with zero attached hydrogens (tertiary/aromatic N) is 2. The monoisotopic (exact) mass is 259 g/mol. The Morgan fingerprint density at radius 1 is 1.32 bits per heavy atom. The topological polar surface area (TPSA) is 35.1 Å². The van der Waals surface area contributed by atoms with Crippen molar-refractivity contribution >= 4 is 5.97 Å². The van der Waals surface area contributed by atoms with Gasteiger partial charge in [0.05, 0.1) is 0 Å². The molecule has 4 nitrogen and oxygen atoms in total. The van der Waals surface area contributed by atoms with Crippen molar-refractivity contribution < 1.29 is 14.1 Å². The van der Waals surface area contributed by atoms with Gasteiger partial charge in [0, 0.05) is 13.8 Å². The van der Waals surface area contributed by atoms with Gasteiger partial charge in [0.25, 0.3) is 5.82 Å². The first kappa shape index (κ1) is 13.3. The van der Waals surface area contributed by atoms with Gasteiger partial charge in [0.15, 0.2) is 0 Å². The highest BCUT2D eigenvalue weighted by atomic mass is 16.5. The highest BCUT2D eigenvalue weighted by Gasteiger charge is 2.12. The van der Waals surface area contributed by atoms with Crippen LogP contribution in [0.3, 0.4) is 0 Å². The minimum atomic E-state index is -0.234. The molecule has 0 N–H and O–H groups in total. The largest absolute Gasteiger partial charge is 0.462 e. The highest BCUT2D eigenvalue weighted by Crippen LogP contribution is 2.00. The molecule has 1 aromatic heterocycles. The van der Waals surface area contributed by atoms with E-state index in [0.717, 1.165) is 12.4 Å². The molecule has 0 amide bonds. The van der Waals surface area contributed by atoms with Crippen LogP contribution in [0, 0.1) is 6.92 Å². The number of ether oxygens (including phenoxy) is 1. The summed E-state index contributed by atoms with van der Waals surface area (Å²) >= 11 is 0. The zero-order chi connectivity index (χ0) is 13.7. The van der Waals surface area contributed by atoms with Crippen LogP contribution in [0.2, 0.25) is 0 Å². The predicted octanol–water partition coefficient (Wildman–Crippen LogP) is 1.70. The van der Waals surface area contributed by atoms with Crippen molar-refractivity contribution in [1.29, 1.82) is 0 Å². The maximum absolute atomic E-state index is 10.7. The minimum absolute atomic E-state index is 0.234. The second kappa shape index (κ2) is 6.18. The van der Waals surface area contributed by atoms with Gasteiger partial charge in [-0.25, -0.2) is 9.13 Å². The molecule has 0 saturated heterocycles. The molecule has 0 bridgehead atoms. The maximum atomic E-state index is 10.7. The lowest BCUT2D eigenvalue weighted by molar-refractivity contribution is -0.694. The van der Waals surface area contributed by atoms with E-state index in [4.69, 9.17) is 4.74 Å². The van der Waals surface area contributed by atoms with Gasteiger partial charge in [-0.05, 0) is 5.56 Å². The molecule has 100 valence electrons. The fourth-order valence-corrected chi connectivity index (χ4v) is 2.01. The smallest absolute Gasteiger partial charge is 0.302 e. The van der Waals surface area contributed by atoms with Crippen LogP contribution < -0.4 is 4.57 Å². The Morgan fingerprint density at radius 3 is 2.74 bits per heavy atom. The second-order valence-corrected chi connectivity index (χ2v) is 4.49. The third-order valence-electron chi connectivity index (χ3n) is 3.09. The molecule has 0 fully saturated rings. The van der Waals surface area contributed by atoms with Gasteiger partial charge >= 0.3 is 5.97 Å². The average molecular weight is 259 g/mol. The van der Waals surface area contributed by atoms with Crippen LogP contribution in [-0.4, -0.2) is 17.1 Å². The summed E-state index contributed by atoms with van der Waals surface area (Å²) in [7, 11) is 0. The van der Waals surface area contributed by atoms with Gasteiger partial charge in [0.1, 0.15) is 32.1 Å². The number of carbonyl (C=O) groups is 1. The molecule has 1 aromatic carbocycles. The number of benzene rings is 1. The van der Waals surface area contributed by atoms with E-state index < -0.39 is 0 Å². The minimum Gasteiger partial charge on any atom is -0.462 e. The number of aromatic nitrogens is 2. The van der Waals surface area contributed by atoms with E-state index in [1.165, 1.54) is 12.5 Å². The number of rotatable bonds is 5. The summed E-state index contributed by atoms with van der Waals surface area (Å²) in [6, 6.07) is 10.3. The van der Waals surface area contributed by atoms with Gasteiger partial charge < -0.3 is 4.74 Å². The molecular formula is C15H19N2O2+. The fourth-order valence-electron chi connectivity index (χ4n) is 2.01. The lowest BCUT2D eigenvalue weighted by Crippen LogP contribution is -2.36. The van der Waals surface area contributed by atoms with Gasteiger partial charge in [-0.15, -0.1) is 0 Å². The van der Waals surface area contributed by atoms with Crippen LogP contribution in [-0.2, 0) is 22.6 Å². The quantitative estimate of drug-likeness (QED) is 0.605. The van der Waals surface area contributed by atoms with E-state index in [9.17, 15) is 4.79 Å². The fraction of sp³-hybridized carbons (Fsp3) is 0.333. The van der Waals surface area contributed by atoms with Gasteiger partial charge in [0.2, 0.25) is 0 Å². The first-order valence-electron chi connectivity index (χ1n) is 6.39. The average Bonchev–Trinajstić information content (AvgIpc) is 2.72. The molecule has 4 heteroatoms. The molecule has 19 heavy (non-hydrogen) atoms. The van der Waals surface area contributed by atoms with Crippen LogP contribution in [0.25, 0.3) is 0 Å². The van der Waals surface area contributed by atoms with E-state index in [1.807, 2.05) is 24.4 Å². The Kier molecular flexibility index (Phi) is 4.34. The summed E-state index contributed by atoms with van der Waals surface area (Å²) in [5.74, 6) is 0.915. The van der Waals surface area contributed by atoms with Crippen LogP contribution in [0.1, 0.15) is 18.3 Å². The molecule has 0 saturated carbocycles. The number of imidazole rings is 1. The van der Waals surface area contributed by atoms with Crippen LogP contribution in [0.15, 0.2) is 42.7 Å². The lowest BCUT2D eigenvalue weighted by atomic mass is 10.2. The van der Waals surface area contributed by atoms with Gasteiger partial charge in [-0.3, -0.25) is 4.79 Å². The molecule has 2 rings (SSSR count). The SMILES string of the molecule is CC(=O)OCCn1cc[n+](Cc2ccccc2)c1C. The zero-order valence-corrected chi connectivity index (χ0v) is 11.4. The van der Waals surface area contributed by atoms with Crippen LogP contribution >= 0.6 is 0 Å². The second-order valence-electron chi connectivity index (χ2n) is 4.49. The van der Waals surface area contributed by atoms with Crippen molar-refractivity contribution in [3.05, 3.63) is 54.1 Å². The molecule has 0 unspecified atom stereocenters. The molecule has 1 heterocycles. The molecule has 0 radical (unpaired) electrons. The Hall–Kier alpha value is -2.10. The van der Waals surface area contributed by atoms with Crippen LogP contribution in [0.4, 0.5) is 0 Å². The maximum Gasteiger partial charge on any atom is 0.302 e. The van der Waals surface area contributed by atoms with Crippen molar-refractivity contribution in [3.63, 3.8) is 0 Å². The van der Waals surface area contributed by atoms with E-state index >= 15 is 0 Å². The van der Waals surface area contributed by atoms with Gasteiger partial charge in [-0.2, -0.15) is 0 Å². The third kappa shape index (κ3) is 3.68. The molecule has 0 atom stereocenters. The standard InChI is InChI=1S/C15H19N2O2/c1-13-16(10-11-19-14(2)18)8-9-17(13)12-15-6-4-3-5-7-15/h3-9H,10-12H2,1-2H3/q+1. The number of carbonyl (C=O) groups excluding carboxylic acids is 1. The first-order chi connectivity index (χ1) is 9.16. The van der Waals surface area contributed by atoms with Crippen molar-refractivity contribution in [3.8, 4) is 0 Å². The van der Waals surface area contributed by atoms with Crippen molar-refractivity contribution in [2.45, 2.75) is 26.9 Å². The van der Waals surface area contributed by atoms with Crippen LogP contribution in [0.5, 0.6) is 0 Å². The van der Waals surface area contributed by atoms with Crippen molar-refractivity contribution in [2.24, 2.45) is 0 Å². The van der Waals surface area contributed by atoms with Gasteiger partial charge in [-0.1, -0.05) is 30.3 Å². The Labute approximate surface area is 113 Å². The molecule has 0 aliphatic rings. The summed E-state index contributed by atoms with van der Waals surface area (Å²) < 4.78 is 9.23. The lowest BCUT2D eigenvalue weighted by Gasteiger charge is -2.02. The zero-order valence-electron chi connectivity index (χ0n) is 11.4. The summed E-state index contributed by atoms with van der Waals surface area (Å²) in [6.07, 6.45) is 4.07. The summed E-state index contributed by atoms with van der Waals surface area (Å²) in [5, 5.41) is 0. The first-order valence-corrected chi connectivity index (χ1v) is 6.39. The Balaban J connectivity index is 2.00. The molecule has 0 aliphatic heterocycles. The summed E-state index contributed by atoms with van der Waals surface area (Å²) in [5.41, 5.74) is 1.27. The predicted molar refractivity (Wildman–Crippen MR) is 71.5 cm³/mol. The molecule has 0 spiro atoms. The van der Waals surface area contributed by atoms with E-state index in [-0.39, 0.29) is 5.97 Å². The molecule has 0 aliphatic carbocycles. The Bertz CT molecular complexity index is 547.